The van der Waals surface area contributed by atoms with E-state index >= 15 is 0 Å². The SMILES string of the molecule is CC(C)CCC[C@@H](C)[C@H]1CC[C@H]2[C@@H]3CC=C4C[C@H](OC(=O)c5ccccc5C([Se])C#N)CC[C@]4(C)[C@H]3CC[C@]12C. The van der Waals surface area contributed by atoms with Gasteiger partial charge in [-0.2, -0.15) is 0 Å². The molecule has 1 unspecified atom stereocenters. The van der Waals surface area contributed by atoms with E-state index in [9.17, 15) is 10.1 Å². The molecule has 0 N–H and O–H groups in total. The standard InChI is InChI=1S/C36H50NO2Se/c1-23(2)9-8-10-24(3)30-15-16-31-29-14-13-25-21-26(17-19-35(25,4)32(29)18-20-36(30,31)5)39-34(38)28-12-7-6-11-27(28)33(40)22-37/h6-7,11-13,23-24,26,29-33H,8-10,14-21H2,1-5H3/t24-,26-,29+,30-,31+,32+,33?,35+,36-/m1/s1. The fraction of sp³-hybridized carbons (Fsp3) is 0.722. The Balaban J connectivity index is 1.26. The zero-order valence-electron chi connectivity index (χ0n) is 25.5. The Bertz CT molecular complexity index is 1150. The minimum absolute atomic E-state index is 0.0748. The van der Waals surface area contributed by atoms with Gasteiger partial charge in [0.05, 0.1) is 0 Å². The number of nitrogens with zero attached hydrogens (tertiary/aromatic N) is 1. The van der Waals surface area contributed by atoms with E-state index in [4.69, 9.17) is 4.74 Å². The van der Waals surface area contributed by atoms with Crippen molar-refractivity contribution < 1.29 is 9.53 Å². The number of hydrogen-bond donors (Lipinski definition) is 0. The van der Waals surface area contributed by atoms with Gasteiger partial charge in [0.1, 0.15) is 0 Å². The second kappa shape index (κ2) is 12.0. The fourth-order valence-corrected chi connectivity index (χ4v) is 10.4. The van der Waals surface area contributed by atoms with Gasteiger partial charge in [0, 0.05) is 0 Å². The third kappa shape index (κ3) is 5.47. The molecule has 4 heteroatoms. The first-order chi connectivity index (χ1) is 19.1. The van der Waals surface area contributed by atoms with Crippen molar-refractivity contribution in [3.8, 4) is 6.07 Å². The number of hydrogen-bond acceptors (Lipinski definition) is 3. The van der Waals surface area contributed by atoms with Crippen LogP contribution < -0.4 is 0 Å². The van der Waals surface area contributed by atoms with E-state index < -0.39 is 4.82 Å². The van der Waals surface area contributed by atoms with Crippen LogP contribution in [0, 0.1) is 57.7 Å². The van der Waals surface area contributed by atoms with Crippen LogP contribution in [0.3, 0.4) is 0 Å². The van der Waals surface area contributed by atoms with Crippen molar-refractivity contribution in [1.82, 2.24) is 0 Å². The van der Waals surface area contributed by atoms with Gasteiger partial charge in [-0.05, 0) is 36.0 Å². The third-order valence-corrected chi connectivity index (χ3v) is 12.9. The van der Waals surface area contributed by atoms with Gasteiger partial charge in [-0.3, -0.25) is 0 Å². The Labute approximate surface area is 251 Å². The van der Waals surface area contributed by atoms with Crippen molar-refractivity contribution in [2.75, 3.05) is 0 Å². The van der Waals surface area contributed by atoms with Crippen LogP contribution in [-0.2, 0) is 4.74 Å². The maximum atomic E-state index is 13.2. The number of carbonyl (C=O) groups is 1. The molecule has 217 valence electrons. The monoisotopic (exact) mass is 608 g/mol. The molecular weight excluding hydrogens is 557 g/mol. The molecule has 0 aromatic heterocycles. The van der Waals surface area contributed by atoms with Crippen LogP contribution in [0.4, 0.5) is 0 Å². The summed E-state index contributed by atoms with van der Waals surface area (Å²) in [6.07, 6.45) is 16.4. The number of esters is 1. The van der Waals surface area contributed by atoms with Crippen molar-refractivity contribution in [3.63, 3.8) is 0 Å². The summed E-state index contributed by atoms with van der Waals surface area (Å²) in [5.41, 5.74) is 3.53. The summed E-state index contributed by atoms with van der Waals surface area (Å²) in [5, 5.41) is 9.39. The molecule has 3 fully saturated rings. The Kier molecular flexibility index (Phi) is 8.95. The number of allylic oxidation sites excluding steroid dienone is 1. The molecule has 4 aliphatic carbocycles. The molecule has 0 amide bonds. The molecule has 40 heavy (non-hydrogen) atoms. The maximum absolute atomic E-state index is 13.2. The Morgan fingerprint density at radius 1 is 1.07 bits per heavy atom. The van der Waals surface area contributed by atoms with Crippen LogP contribution in [0.25, 0.3) is 0 Å². The Morgan fingerprint density at radius 3 is 2.60 bits per heavy atom. The average molecular weight is 608 g/mol. The van der Waals surface area contributed by atoms with Crippen LogP contribution in [0.5, 0.6) is 0 Å². The van der Waals surface area contributed by atoms with Crippen molar-refractivity contribution in [2.24, 2.45) is 46.3 Å². The number of nitriles is 1. The van der Waals surface area contributed by atoms with Gasteiger partial charge in [0.25, 0.3) is 0 Å². The first kappa shape index (κ1) is 29.9. The predicted molar refractivity (Wildman–Crippen MR) is 163 cm³/mol. The zero-order valence-corrected chi connectivity index (χ0v) is 27.2. The molecule has 0 saturated heterocycles. The normalized spacial score (nSPS) is 36.5. The van der Waals surface area contributed by atoms with Gasteiger partial charge < -0.3 is 0 Å². The number of ether oxygens (including phenoxy) is 1. The number of fused-ring (bicyclic) bond motifs is 5. The molecule has 3 saturated carbocycles. The van der Waals surface area contributed by atoms with Crippen LogP contribution in [0.15, 0.2) is 35.9 Å². The molecule has 1 aromatic carbocycles. The molecule has 0 spiro atoms. The average Bonchev–Trinajstić information content (AvgIpc) is 3.30. The van der Waals surface area contributed by atoms with Crippen LogP contribution >= 0.6 is 0 Å². The quantitative estimate of drug-likeness (QED) is 0.168. The van der Waals surface area contributed by atoms with Crippen molar-refractivity contribution in [3.05, 3.63) is 47.0 Å². The van der Waals surface area contributed by atoms with Gasteiger partial charge in [-0.15, -0.1) is 0 Å². The molecule has 9 atom stereocenters. The molecular formula is C36H50NO2Se. The summed E-state index contributed by atoms with van der Waals surface area (Å²) in [6, 6.07) is 9.57. The van der Waals surface area contributed by atoms with E-state index in [-0.39, 0.29) is 17.5 Å². The van der Waals surface area contributed by atoms with Gasteiger partial charge in [0.15, 0.2) is 0 Å². The fourth-order valence-electron chi connectivity index (χ4n) is 9.95. The van der Waals surface area contributed by atoms with Crippen LogP contribution in [-0.4, -0.2) is 28.1 Å². The minimum Gasteiger partial charge on any atom is -0.0591 e. The molecule has 1 radical (unpaired) electrons. The Morgan fingerprint density at radius 2 is 1.85 bits per heavy atom. The second-order valence-corrected chi connectivity index (χ2v) is 15.6. The minimum atomic E-state index is -0.452. The van der Waals surface area contributed by atoms with Crippen LogP contribution in [0.2, 0.25) is 0 Å². The van der Waals surface area contributed by atoms with E-state index in [1.54, 1.807) is 11.6 Å². The third-order valence-electron chi connectivity index (χ3n) is 12.1. The molecule has 0 aliphatic heterocycles. The van der Waals surface area contributed by atoms with Crippen molar-refractivity contribution in [2.45, 2.75) is 116 Å². The molecule has 0 bridgehead atoms. The van der Waals surface area contributed by atoms with Crippen LogP contribution in [0.1, 0.15) is 126 Å². The van der Waals surface area contributed by atoms with Gasteiger partial charge in [0.2, 0.25) is 0 Å². The molecule has 1 aromatic rings. The van der Waals surface area contributed by atoms with Gasteiger partial charge in [-0.25, -0.2) is 0 Å². The van der Waals surface area contributed by atoms with E-state index in [2.05, 4.69) is 62.8 Å². The van der Waals surface area contributed by atoms with E-state index in [0.717, 1.165) is 54.8 Å². The molecule has 0 heterocycles. The summed E-state index contributed by atoms with van der Waals surface area (Å²) in [5.74, 6) is 4.72. The first-order valence-corrected chi connectivity index (χ1v) is 17.1. The van der Waals surface area contributed by atoms with E-state index in [1.807, 2.05) is 18.2 Å². The number of benzene rings is 1. The summed E-state index contributed by atoms with van der Waals surface area (Å²) in [6.45, 7) is 12.5. The number of rotatable bonds is 8. The molecule has 3 nitrogen and oxygen atoms in total. The summed E-state index contributed by atoms with van der Waals surface area (Å²) in [7, 11) is 0. The summed E-state index contributed by atoms with van der Waals surface area (Å²) in [4.78, 5) is 12.7. The smallest absolute Gasteiger partial charge is 0.0591 e. The second-order valence-electron chi connectivity index (χ2n) is 14.7. The summed E-state index contributed by atoms with van der Waals surface area (Å²) >= 11 is 2.87. The van der Waals surface area contributed by atoms with E-state index in [0.29, 0.717) is 16.5 Å². The van der Waals surface area contributed by atoms with Gasteiger partial charge >= 0.3 is 169 Å². The summed E-state index contributed by atoms with van der Waals surface area (Å²) < 4.78 is 6.11. The molecule has 5 rings (SSSR count). The predicted octanol–water partition coefficient (Wildman–Crippen LogP) is 8.99. The Hall–Kier alpha value is -1.56. The topological polar surface area (TPSA) is 50.1 Å². The van der Waals surface area contributed by atoms with Crippen molar-refractivity contribution in [1.29, 1.82) is 5.26 Å². The number of carbonyl (C=O) groups excluding carboxylic acids is 1. The first-order valence-electron chi connectivity index (χ1n) is 16.1. The molecule has 4 aliphatic rings. The van der Waals surface area contributed by atoms with E-state index in [1.165, 1.54) is 51.4 Å². The van der Waals surface area contributed by atoms with Gasteiger partial charge in [-0.1, -0.05) is 47.0 Å². The zero-order chi connectivity index (χ0) is 28.7. The van der Waals surface area contributed by atoms with Crippen molar-refractivity contribution >= 4 is 22.0 Å².